The minimum absolute atomic E-state index is 0.789. The van der Waals surface area contributed by atoms with Crippen molar-refractivity contribution in [1.29, 1.82) is 0 Å². The molecule has 0 aliphatic rings. The third-order valence-electron chi connectivity index (χ3n) is 9.39. The molecule has 0 saturated carbocycles. The Kier molecular flexibility index (Phi) is 38.8. The maximum atomic E-state index is 8.52. The average Bonchev–Trinajstić information content (AvgIpc) is 3.00. The minimum Gasteiger partial charge on any atom is -0.759 e. The molecule has 0 fully saturated rings. The van der Waals surface area contributed by atoms with Crippen molar-refractivity contribution in [3.05, 3.63) is 0 Å². The van der Waals surface area contributed by atoms with E-state index in [9.17, 15) is 0 Å². The van der Waals surface area contributed by atoms with Gasteiger partial charge >= 0.3 is 0 Å². The molecule has 0 saturated heterocycles. The van der Waals surface area contributed by atoms with Gasteiger partial charge in [-0.3, -0.25) is 8.42 Å². The summed E-state index contributed by atoms with van der Waals surface area (Å²) in [4.78, 5) is 0. The molecule has 274 valence electrons. The molecule has 0 atom stereocenters. The molecular formula is C38H79ClNO4S-. The van der Waals surface area contributed by atoms with Gasteiger partial charge in [-0.25, -0.2) is 0 Å². The molecule has 0 N–H and O–H groups in total. The van der Waals surface area contributed by atoms with Crippen LogP contribution < -0.4 is 0 Å². The van der Waals surface area contributed by atoms with Crippen LogP contribution in [-0.2, 0) is 10.4 Å². The lowest BCUT2D eigenvalue weighted by atomic mass is 10.0. The molecule has 0 rings (SSSR count). The average molecular weight is 682 g/mol. The number of halogens is 1. The van der Waals surface area contributed by atoms with Crippen LogP contribution in [0.4, 0.5) is 0 Å². The highest BCUT2D eigenvalue weighted by atomic mass is 35.5. The van der Waals surface area contributed by atoms with Crippen molar-refractivity contribution in [3.63, 3.8) is 0 Å². The van der Waals surface area contributed by atoms with E-state index in [0.717, 1.165) is 10.5 Å². The van der Waals surface area contributed by atoms with E-state index < -0.39 is 10.4 Å². The zero-order valence-corrected chi connectivity index (χ0v) is 32.2. The Morgan fingerprint density at radius 2 is 0.556 bits per heavy atom. The molecule has 0 aliphatic heterocycles. The fraction of sp³-hybridized carbons (Fsp3) is 1.00. The van der Waals surface area contributed by atoms with Crippen LogP contribution in [0.1, 0.15) is 219 Å². The quantitative estimate of drug-likeness (QED) is 0.0167. The molecule has 0 bridgehead atoms. The third kappa shape index (κ3) is 46.3. The molecule has 45 heavy (non-hydrogen) atoms. The molecule has 0 amide bonds. The van der Waals surface area contributed by atoms with Crippen LogP contribution in [0.25, 0.3) is 0 Å². The Bertz CT molecular complexity index is 618. The lowest BCUT2D eigenvalue weighted by Crippen LogP contribution is -2.44. The second kappa shape index (κ2) is 36.9. The zero-order valence-electron chi connectivity index (χ0n) is 30.6. The standard InChI is InChI=1S/C38H79ClN.H2O4S/c1-4-6-8-10-12-14-16-18-20-22-24-26-28-30-32-34-36-40(3,38-39)37-35-33-31-29-27-25-23-21-19-17-15-13-11-9-7-5-2;1-5(2,3)4/h4-38H2,1-3H3;(H2,1,2,3,4)/q+1;/p-2. The van der Waals surface area contributed by atoms with Crippen LogP contribution in [-0.4, -0.2) is 48.1 Å². The van der Waals surface area contributed by atoms with Crippen LogP contribution in [0.15, 0.2) is 0 Å². The first-order chi connectivity index (χ1) is 21.7. The summed E-state index contributed by atoms with van der Waals surface area (Å²) in [6.07, 6.45) is 46.3. The van der Waals surface area contributed by atoms with Gasteiger partial charge in [0.05, 0.1) is 20.1 Å². The van der Waals surface area contributed by atoms with Crippen LogP contribution >= 0.6 is 11.6 Å². The summed E-state index contributed by atoms with van der Waals surface area (Å²) >= 11 is 6.42. The number of quaternary nitrogens is 1. The van der Waals surface area contributed by atoms with Crippen LogP contribution in [0.5, 0.6) is 0 Å². The van der Waals surface area contributed by atoms with E-state index in [0.29, 0.717) is 0 Å². The van der Waals surface area contributed by atoms with Gasteiger partial charge in [0.25, 0.3) is 0 Å². The lowest BCUT2D eigenvalue weighted by Gasteiger charge is -2.32. The summed E-state index contributed by atoms with van der Waals surface area (Å²) < 4.78 is 35.2. The fourth-order valence-electron chi connectivity index (χ4n) is 6.31. The van der Waals surface area contributed by atoms with E-state index >= 15 is 0 Å². The van der Waals surface area contributed by atoms with E-state index in [-0.39, 0.29) is 0 Å². The lowest BCUT2D eigenvalue weighted by molar-refractivity contribution is -0.899. The molecule has 0 aromatic rings. The largest absolute Gasteiger partial charge is 0.759 e. The van der Waals surface area contributed by atoms with Crippen molar-refractivity contribution in [2.75, 3.05) is 26.1 Å². The first-order valence-electron chi connectivity index (χ1n) is 19.7. The molecule has 0 radical (unpaired) electrons. The normalized spacial score (nSPS) is 12.0. The maximum absolute atomic E-state index is 8.52. The Hall–Kier alpha value is 0.120. The maximum Gasteiger partial charge on any atom is 0.154 e. The van der Waals surface area contributed by atoms with E-state index in [1.807, 2.05) is 0 Å². The van der Waals surface area contributed by atoms with Gasteiger partial charge in [0.1, 0.15) is 0 Å². The van der Waals surface area contributed by atoms with Crippen molar-refractivity contribution in [2.24, 2.45) is 0 Å². The van der Waals surface area contributed by atoms with Gasteiger partial charge in [-0.2, -0.15) is 0 Å². The molecule has 0 aliphatic carbocycles. The summed E-state index contributed by atoms with van der Waals surface area (Å²) in [6, 6.07) is 0.789. The first-order valence-corrected chi connectivity index (χ1v) is 21.6. The van der Waals surface area contributed by atoms with E-state index in [4.69, 9.17) is 29.1 Å². The first kappa shape index (κ1) is 47.2. The number of unbranched alkanes of at least 4 members (excludes halogenated alkanes) is 30. The second-order valence-corrected chi connectivity index (χ2v) is 15.3. The van der Waals surface area contributed by atoms with Gasteiger partial charge in [0.15, 0.2) is 6.00 Å². The molecule has 0 heterocycles. The smallest absolute Gasteiger partial charge is 0.154 e. The Morgan fingerprint density at radius 3 is 0.711 bits per heavy atom. The zero-order chi connectivity index (χ0) is 33.7. The van der Waals surface area contributed by atoms with Crippen molar-refractivity contribution >= 4 is 22.0 Å². The summed E-state index contributed by atoms with van der Waals surface area (Å²) in [5.41, 5.74) is 0. The Labute approximate surface area is 288 Å². The topological polar surface area (TPSA) is 80.3 Å². The second-order valence-electron chi connectivity index (χ2n) is 14.2. The van der Waals surface area contributed by atoms with E-state index in [1.165, 1.54) is 219 Å². The molecule has 0 unspecified atom stereocenters. The SMILES string of the molecule is CCCCCCCCCCCCCCCCCC[N+](C)(CCl)CCCCCCCCCCCCCCCCCC.O=S(=O)([O-])[O-]. The highest BCUT2D eigenvalue weighted by Gasteiger charge is 2.18. The van der Waals surface area contributed by atoms with Crippen molar-refractivity contribution in [1.82, 2.24) is 0 Å². The predicted octanol–water partition coefficient (Wildman–Crippen LogP) is 12.8. The van der Waals surface area contributed by atoms with Gasteiger partial charge in [-0.1, -0.05) is 205 Å². The molecule has 0 spiro atoms. The van der Waals surface area contributed by atoms with Gasteiger partial charge < -0.3 is 13.6 Å². The number of nitrogens with zero attached hydrogens (tertiary/aromatic N) is 1. The van der Waals surface area contributed by atoms with Crippen molar-refractivity contribution in [3.8, 4) is 0 Å². The molecule has 0 aromatic carbocycles. The van der Waals surface area contributed by atoms with Crippen LogP contribution in [0.3, 0.4) is 0 Å². The summed E-state index contributed by atoms with van der Waals surface area (Å²) in [7, 11) is -2.77. The van der Waals surface area contributed by atoms with Gasteiger partial charge in [0.2, 0.25) is 0 Å². The van der Waals surface area contributed by atoms with E-state index in [2.05, 4.69) is 20.9 Å². The molecule has 7 heteroatoms. The van der Waals surface area contributed by atoms with Gasteiger partial charge in [-0.05, 0) is 25.7 Å². The third-order valence-corrected chi connectivity index (χ3v) is 9.97. The highest BCUT2D eigenvalue weighted by Crippen LogP contribution is 2.17. The summed E-state index contributed by atoms with van der Waals surface area (Å²) in [5, 5.41) is 0. The highest BCUT2D eigenvalue weighted by molar-refractivity contribution is 7.79. The number of hydrogen-bond acceptors (Lipinski definition) is 4. The number of alkyl halides is 1. The van der Waals surface area contributed by atoms with Crippen molar-refractivity contribution in [2.45, 2.75) is 219 Å². The van der Waals surface area contributed by atoms with Gasteiger partial charge in [-0.15, -0.1) is 0 Å². The summed E-state index contributed by atoms with van der Waals surface area (Å²) in [6.45, 7) is 7.17. The monoisotopic (exact) mass is 681 g/mol. The van der Waals surface area contributed by atoms with Crippen molar-refractivity contribution < 1.29 is 22.0 Å². The molecular weight excluding hydrogens is 602 g/mol. The predicted molar refractivity (Wildman–Crippen MR) is 196 cm³/mol. The number of hydrogen-bond donors (Lipinski definition) is 0. The summed E-state index contributed by atoms with van der Waals surface area (Å²) in [5.74, 6) is 0. The Morgan fingerprint density at radius 1 is 0.400 bits per heavy atom. The van der Waals surface area contributed by atoms with Crippen LogP contribution in [0.2, 0.25) is 0 Å². The van der Waals surface area contributed by atoms with Gasteiger partial charge in [0, 0.05) is 10.4 Å². The number of rotatable bonds is 35. The Balaban J connectivity index is 0. The molecule has 5 nitrogen and oxygen atoms in total. The fourth-order valence-corrected chi connectivity index (χ4v) is 6.55. The molecule has 0 aromatic heterocycles. The van der Waals surface area contributed by atoms with Crippen LogP contribution in [0, 0.1) is 0 Å². The van der Waals surface area contributed by atoms with E-state index in [1.54, 1.807) is 0 Å². The minimum atomic E-state index is -5.17.